The minimum absolute atomic E-state index is 0.0581. The number of halogens is 1. The SMILES string of the molecule is CN(Cc1ccc(-c2ccc(Cl)cc2)o1)C(=O)CSc1nnc(Cc2ccccc2)o1. The van der Waals surface area contributed by atoms with Gasteiger partial charge >= 0.3 is 0 Å². The number of carbonyl (C=O) groups excluding carboxylic acids is 1. The highest BCUT2D eigenvalue weighted by molar-refractivity contribution is 7.99. The second-order valence-electron chi connectivity index (χ2n) is 6.94. The van der Waals surface area contributed by atoms with Gasteiger partial charge in [0.25, 0.3) is 5.22 Å². The van der Waals surface area contributed by atoms with Gasteiger partial charge in [0.1, 0.15) is 11.5 Å². The van der Waals surface area contributed by atoms with E-state index >= 15 is 0 Å². The van der Waals surface area contributed by atoms with E-state index in [0.29, 0.717) is 34.9 Å². The van der Waals surface area contributed by atoms with Crippen LogP contribution in [0.15, 0.2) is 80.8 Å². The molecule has 0 fully saturated rings. The van der Waals surface area contributed by atoms with E-state index in [0.717, 1.165) is 16.9 Å². The summed E-state index contributed by atoms with van der Waals surface area (Å²) in [6.07, 6.45) is 0.566. The molecule has 0 aliphatic heterocycles. The fourth-order valence-corrected chi connectivity index (χ4v) is 3.77. The third-order valence-electron chi connectivity index (χ3n) is 4.57. The number of furan rings is 1. The third-order valence-corrected chi connectivity index (χ3v) is 5.63. The Balaban J connectivity index is 1.28. The second-order valence-corrected chi connectivity index (χ2v) is 8.30. The number of amides is 1. The molecule has 31 heavy (non-hydrogen) atoms. The molecule has 0 saturated carbocycles. The summed E-state index contributed by atoms with van der Waals surface area (Å²) in [6.45, 7) is 0.371. The van der Waals surface area contributed by atoms with Gasteiger partial charge in [0, 0.05) is 17.6 Å². The minimum atomic E-state index is -0.0581. The second kappa shape index (κ2) is 9.85. The van der Waals surface area contributed by atoms with Gasteiger partial charge in [-0.2, -0.15) is 0 Å². The van der Waals surface area contributed by atoms with Gasteiger partial charge in [0.2, 0.25) is 11.8 Å². The van der Waals surface area contributed by atoms with Crippen molar-refractivity contribution in [3.63, 3.8) is 0 Å². The lowest BCUT2D eigenvalue weighted by Crippen LogP contribution is -2.27. The predicted molar refractivity (Wildman–Crippen MR) is 120 cm³/mol. The van der Waals surface area contributed by atoms with E-state index in [-0.39, 0.29) is 11.7 Å². The molecule has 4 aromatic rings. The van der Waals surface area contributed by atoms with Crippen molar-refractivity contribution in [3.8, 4) is 11.3 Å². The van der Waals surface area contributed by atoms with E-state index in [1.54, 1.807) is 11.9 Å². The van der Waals surface area contributed by atoms with Crippen molar-refractivity contribution in [2.75, 3.05) is 12.8 Å². The number of benzene rings is 2. The largest absolute Gasteiger partial charge is 0.459 e. The van der Waals surface area contributed by atoms with E-state index in [9.17, 15) is 4.79 Å². The zero-order chi connectivity index (χ0) is 21.6. The van der Waals surface area contributed by atoms with Crippen molar-refractivity contribution in [2.45, 2.75) is 18.2 Å². The number of aromatic nitrogens is 2. The number of hydrogen-bond donors (Lipinski definition) is 0. The van der Waals surface area contributed by atoms with Crippen LogP contribution < -0.4 is 0 Å². The van der Waals surface area contributed by atoms with Crippen molar-refractivity contribution in [2.24, 2.45) is 0 Å². The maximum atomic E-state index is 12.5. The highest BCUT2D eigenvalue weighted by Crippen LogP contribution is 2.25. The number of carbonyl (C=O) groups is 1. The third kappa shape index (κ3) is 5.77. The Morgan fingerprint density at radius 3 is 2.55 bits per heavy atom. The quantitative estimate of drug-likeness (QED) is 0.336. The van der Waals surface area contributed by atoms with Crippen LogP contribution in [-0.4, -0.2) is 33.8 Å². The number of nitrogens with zero attached hydrogens (tertiary/aromatic N) is 3. The molecule has 2 heterocycles. The summed E-state index contributed by atoms with van der Waals surface area (Å²) in [6, 6.07) is 21.1. The van der Waals surface area contributed by atoms with Crippen LogP contribution in [-0.2, 0) is 17.8 Å². The molecule has 2 aromatic heterocycles. The molecular weight excluding hydrogens is 434 g/mol. The molecule has 1 amide bonds. The van der Waals surface area contributed by atoms with Crippen molar-refractivity contribution in [3.05, 3.63) is 89.0 Å². The maximum absolute atomic E-state index is 12.5. The van der Waals surface area contributed by atoms with Crippen molar-refractivity contribution < 1.29 is 13.6 Å². The molecule has 0 bridgehead atoms. The Morgan fingerprint density at radius 1 is 1.00 bits per heavy atom. The molecule has 158 valence electrons. The summed E-state index contributed by atoms with van der Waals surface area (Å²) < 4.78 is 11.5. The summed E-state index contributed by atoms with van der Waals surface area (Å²) in [5, 5.41) is 9.13. The van der Waals surface area contributed by atoms with Gasteiger partial charge in [0.15, 0.2) is 0 Å². The summed E-state index contributed by atoms with van der Waals surface area (Å²) in [4.78, 5) is 14.1. The lowest BCUT2D eigenvalue weighted by Gasteiger charge is -2.14. The van der Waals surface area contributed by atoms with Gasteiger partial charge in [-0.25, -0.2) is 0 Å². The van der Waals surface area contributed by atoms with Crippen LogP contribution >= 0.6 is 23.4 Å². The maximum Gasteiger partial charge on any atom is 0.277 e. The van der Waals surface area contributed by atoms with E-state index in [4.69, 9.17) is 20.4 Å². The summed E-state index contributed by atoms with van der Waals surface area (Å²) >= 11 is 7.16. The summed E-state index contributed by atoms with van der Waals surface area (Å²) in [7, 11) is 1.74. The Hall–Kier alpha value is -3.03. The van der Waals surface area contributed by atoms with E-state index in [1.165, 1.54) is 11.8 Å². The van der Waals surface area contributed by atoms with Gasteiger partial charge in [-0.15, -0.1) is 10.2 Å². The normalized spacial score (nSPS) is 10.9. The Bertz CT molecular complexity index is 1140. The molecule has 8 heteroatoms. The lowest BCUT2D eigenvalue weighted by atomic mass is 10.2. The zero-order valence-corrected chi connectivity index (χ0v) is 18.4. The average molecular weight is 454 g/mol. The minimum Gasteiger partial charge on any atom is -0.459 e. The highest BCUT2D eigenvalue weighted by Gasteiger charge is 2.15. The average Bonchev–Trinajstić information content (AvgIpc) is 3.43. The van der Waals surface area contributed by atoms with Gasteiger partial charge in [0.05, 0.1) is 18.7 Å². The molecule has 6 nitrogen and oxygen atoms in total. The molecule has 0 N–H and O–H groups in total. The first-order valence-electron chi connectivity index (χ1n) is 9.64. The van der Waals surface area contributed by atoms with Gasteiger partial charge in [-0.1, -0.05) is 53.7 Å². The fourth-order valence-electron chi connectivity index (χ4n) is 2.93. The van der Waals surface area contributed by atoms with Crippen LogP contribution in [0, 0.1) is 0 Å². The van der Waals surface area contributed by atoms with Crippen LogP contribution in [0.5, 0.6) is 0 Å². The van der Waals surface area contributed by atoms with Gasteiger partial charge in [-0.05, 0) is 42.0 Å². The highest BCUT2D eigenvalue weighted by atomic mass is 35.5. The first-order valence-corrected chi connectivity index (χ1v) is 11.0. The molecule has 0 spiro atoms. The smallest absolute Gasteiger partial charge is 0.277 e. The Kier molecular flexibility index (Phi) is 6.74. The van der Waals surface area contributed by atoms with Gasteiger partial charge < -0.3 is 13.7 Å². The van der Waals surface area contributed by atoms with Crippen LogP contribution in [0.2, 0.25) is 5.02 Å². The van der Waals surface area contributed by atoms with E-state index in [1.807, 2.05) is 66.7 Å². The van der Waals surface area contributed by atoms with Crippen molar-refractivity contribution in [1.82, 2.24) is 15.1 Å². The van der Waals surface area contributed by atoms with Crippen LogP contribution in [0.4, 0.5) is 0 Å². The van der Waals surface area contributed by atoms with Crippen LogP contribution in [0.3, 0.4) is 0 Å². The van der Waals surface area contributed by atoms with Crippen molar-refractivity contribution in [1.29, 1.82) is 0 Å². The van der Waals surface area contributed by atoms with Crippen LogP contribution in [0.1, 0.15) is 17.2 Å². The first-order chi connectivity index (χ1) is 15.1. The Morgan fingerprint density at radius 2 is 1.77 bits per heavy atom. The fraction of sp³-hybridized carbons (Fsp3) is 0.174. The molecule has 0 radical (unpaired) electrons. The molecule has 0 aliphatic rings. The molecular formula is C23H20ClN3O3S. The first kappa shape index (κ1) is 21.2. The monoisotopic (exact) mass is 453 g/mol. The van der Waals surface area contributed by atoms with E-state index in [2.05, 4.69) is 10.2 Å². The molecule has 0 aliphatic carbocycles. The molecule has 2 aromatic carbocycles. The summed E-state index contributed by atoms with van der Waals surface area (Å²) in [5.41, 5.74) is 2.03. The van der Waals surface area contributed by atoms with Crippen LogP contribution in [0.25, 0.3) is 11.3 Å². The zero-order valence-electron chi connectivity index (χ0n) is 16.8. The Labute approximate surface area is 189 Å². The molecule has 0 saturated heterocycles. The predicted octanol–water partition coefficient (Wildman–Crippen LogP) is 5.32. The molecule has 4 rings (SSSR count). The molecule has 0 atom stereocenters. The van der Waals surface area contributed by atoms with Gasteiger partial charge in [-0.3, -0.25) is 4.79 Å². The standard InChI is InChI=1S/C23H20ClN3O3S/c1-27(14-19-11-12-20(29-19)17-7-9-18(24)10-8-17)22(28)15-31-23-26-25-21(30-23)13-16-5-3-2-4-6-16/h2-12H,13-15H2,1H3. The number of rotatable bonds is 8. The lowest BCUT2D eigenvalue weighted by molar-refractivity contribution is -0.127. The molecule has 0 unspecified atom stereocenters. The topological polar surface area (TPSA) is 72.4 Å². The number of hydrogen-bond acceptors (Lipinski definition) is 6. The van der Waals surface area contributed by atoms with Crippen molar-refractivity contribution >= 4 is 29.3 Å². The summed E-state index contributed by atoms with van der Waals surface area (Å²) in [5.74, 6) is 2.11. The van der Waals surface area contributed by atoms with E-state index < -0.39 is 0 Å². The number of thioether (sulfide) groups is 1.